The van der Waals surface area contributed by atoms with E-state index in [1.807, 2.05) is 13.8 Å². The van der Waals surface area contributed by atoms with Crippen molar-refractivity contribution < 1.29 is 4.74 Å². The molecule has 3 nitrogen and oxygen atoms in total. The van der Waals surface area contributed by atoms with Gasteiger partial charge in [-0.05, 0) is 31.5 Å². The van der Waals surface area contributed by atoms with Crippen molar-refractivity contribution in [2.75, 3.05) is 38.2 Å². The van der Waals surface area contributed by atoms with Gasteiger partial charge in [0.25, 0.3) is 0 Å². The Bertz CT molecular complexity index is 344. The molecule has 0 bridgehead atoms. The van der Waals surface area contributed by atoms with Gasteiger partial charge in [-0.15, -0.1) is 0 Å². The maximum absolute atomic E-state index is 5.37. The standard InChI is InChI=1S/C13H20N2O.C2H6/c1-11-4-5-12(10-13(11)16-2)15-8-3-6-14-7-9-15;1-2/h4-5,10,14H,3,6-9H2,1-2H3;1-2H3. The van der Waals surface area contributed by atoms with E-state index in [1.165, 1.54) is 17.7 Å². The zero-order valence-corrected chi connectivity index (χ0v) is 12.1. The second-order valence-electron chi connectivity index (χ2n) is 4.24. The molecule has 0 spiro atoms. The number of hydrogen-bond donors (Lipinski definition) is 1. The number of benzene rings is 1. The molecule has 0 aliphatic carbocycles. The van der Waals surface area contributed by atoms with Crippen LogP contribution in [0, 0.1) is 6.92 Å². The molecule has 1 fully saturated rings. The minimum atomic E-state index is 0.981. The zero-order valence-electron chi connectivity index (χ0n) is 12.1. The van der Waals surface area contributed by atoms with Crippen LogP contribution in [0.5, 0.6) is 5.75 Å². The molecule has 18 heavy (non-hydrogen) atoms. The van der Waals surface area contributed by atoms with Crippen LogP contribution in [-0.2, 0) is 0 Å². The van der Waals surface area contributed by atoms with E-state index in [-0.39, 0.29) is 0 Å². The SMILES string of the molecule is CC.COc1cc(N2CCCNCC2)ccc1C. The highest BCUT2D eigenvalue weighted by molar-refractivity contribution is 5.53. The normalized spacial score (nSPS) is 15.4. The van der Waals surface area contributed by atoms with Crippen molar-refractivity contribution in [3.63, 3.8) is 0 Å². The van der Waals surface area contributed by atoms with Crippen LogP contribution in [0.15, 0.2) is 18.2 Å². The molecule has 0 atom stereocenters. The third kappa shape index (κ3) is 3.91. The second-order valence-corrected chi connectivity index (χ2v) is 4.24. The predicted octanol–water partition coefficient (Wildman–Crippen LogP) is 2.83. The molecule has 1 aromatic rings. The summed E-state index contributed by atoms with van der Waals surface area (Å²) in [5.41, 5.74) is 2.46. The van der Waals surface area contributed by atoms with Crippen molar-refractivity contribution in [3.8, 4) is 5.75 Å². The Morgan fingerprint density at radius 3 is 2.67 bits per heavy atom. The molecule has 1 aliphatic rings. The van der Waals surface area contributed by atoms with Crippen molar-refractivity contribution in [2.24, 2.45) is 0 Å². The highest BCUT2D eigenvalue weighted by Crippen LogP contribution is 2.25. The first-order valence-electron chi connectivity index (χ1n) is 6.91. The van der Waals surface area contributed by atoms with Gasteiger partial charge in [0.1, 0.15) is 5.75 Å². The van der Waals surface area contributed by atoms with Crippen LogP contribution in [0.4, 0.5) is 5.69 Å². The fourth-order valence-corrected chi connectivity index (χ4v) is 2.11. The first kappa shape index (κ1) is 14.8. The minimum absolute atomic E-state index is 0.981. The van der Waals surface area contributed by atoms with Crippen molar-refractivity contribution in [1.29, 1.82) is 0 Å². The predicted molar refractivity (Wildman–Crippen MR) is 78.8 cm³/mol. The third-order valence-corrected chi connectivity index (χ3v) is 3.10. The van der Waals surface area contributed by atoms with Crippen LogP contribution >= 0.6 is 0 Å². The highest BCUT2D eigenvalue weighted by atomic mass is 16.5. The number of ether oxygens (including phenoxy) is 1. The van der Waals surface area contributed by atoms with Crippen LogP contribution in [0.25, 0.3) is 0 Å². The van der Waals surface area contributed by atoms with E-state index in [9.17, 15) is 0 Å². The smallest absolute Gasteiger partial charge is 0.123 e. The number of hydrogen-bond acceptors (Lipinski definition) is 3. The maximum Gasteiger partial charge on any atom is 0.123 e. The van der Waals surface area contributed by atoms with Gasteiger partial charge in [-0.3, -0.25) is 0 Å². The number of rotatable bonds is 2. The summed E-state index contributed by atoms with van der Waals surface area (Å²) < 4.78 is 5.37. The molecule has 0 unspecified atom stereocenters. The van der Waals surface area contributed by atoms with Crippen molar-refractivity contribution >= 4 is 5.69 Å². The van der Waals surface area contributed by atoms with Crippen LogP contribution in [0.3, 0.4) is 0 Å². The lowest BCUT2D eigenvalue weighted by Crippen LogP contribution is -2.27. The molecule has 1 heterocycles. The summed E-state index contributed by atoms with van der Waals surface area (Å²) in [6, 6.07) is 6.45. The lowest BCUT2D eigenvalue weighted by atomic mass is 10.2. The Balaban J connectivity index is 0.000000771. The summed E-state index contributed by atoms with van der Waals surface area (Å²) in [6.45, 7) is 10.5. The van der Waals surface area contributed by atoms with E-state index in [0.717, 1.165) is 31.9 Å². The van der Waals surface area contributed by atoms with Gasteiger partial charge in [-0.1, -0.05) is 19.9 Å². The Morgan fingerprint density at radius 1 is 1.17 bits per heavy atom. The quantitative estimate of drug-likeness (QED) is 0.873. The fourth-order valence-electron chi connectivity index (χ4n) is 2.11. The largest absolute Gasteiger partial charge is 0.496 e. The number of methoxy groups -OCH3 is 1. The van der Waals surface area contributed by atoms with Crippen LogP contribution in [-0.4, -0.2) is 33.3 Å². The van der Waals surface area contributed by atoms with Gasteiger partial charge < -0.3 is 15.0 Å². The van der Waals surface area contributed by atoms with Crippen LogP contribution in [0.2, 0.25) is 0 Å². The Hall–Kier alpha value is -1.22. The second kappa shape index (κ2) is 7.98. The van der Waals surface area contributed by atoms with Crippen molar-refractivity contribution in [3.05, 3.63) is 23.8 Å². The molecule has 102 valence electrons. The first-order chi connectivity index (χ1) is 8.81. The van der Waals surface area contributed by atoms with Gasteiger partial charge in [0.2, 0.25) is 0 Å². The summed E-state index contributed by atoms with van der Waals surface area (Å²) in [5, 5.41) is 3.41. The summed E-state index contributed by atoms with van der Waals surface area (Å²) in [5.74, 6) is 0.981. The summed E-state index contributed by atoms with van der Waals surface area (Å²) >= 11 is 0. The average Bonchev–Trinajstić information content (AvgIpc) is 2.70. The number of anilines is 1. The lowest BCUT2D eigenvalue weighted by molar-refractivity contribution is 0.411. The summed E-state index contributed by atoms with van der Waals surface area (Å²) in [4.78, 5) is 2.42. The molecule has 0 aromatic heterocycles. The third-order valence-electron chi connectivity index (χ3n) is 3.10. The Morgan fingerprint density at radius 2 is 1.94 bits per heavy atom. The molecule has 1 aromatic carbocycles. The molecule has 0 amide bonds. The lowest BCUT2D eigenvalue weighted by Gasteiger charge is -2.23. The first-order valence-corrected chi connectivity index (χ1v) is 6.91. The molecule has 1 N–H and O–H groups in total. The van der Waals surface area contributed by atoms with Crippen molar-refractivity contribution in [2.45, 2.75) is 27.2 Å². The molecule has 1 aliphatic heterocycles. The highest BCUT2D eigenvalue weighted by Gasteiger charge is 2.10. The summed E-state index contributed by atoms with van der Waals surface area (Å²) in [7, 11) is 1.73. The number of nitrogens with zero attached hydrogens (tertiary/aromatic N) is 1. The van der Waals surface area contributed by atoms with Crippen molar-refractivity contribution in [1.82, 2.24) is 5.32 Å². The molecular weight excluding hydrogens is 224 g/mol. The van der Waals surface area contributed by atoms with Crippen LogP contribution in [0.1, 0.15) is 25.8 Å². The van der Waals surface area contributed by atoms with Gasteiger partial charge in [0, 0.05) is 31.4 Å². The fraction of sp³-hybridized carbons (Fsp3) is 0.600. The monoisotopic (exact) mass is 250 g/mol. The van der Waals surface area contributed by atoms with E-state index in [4.69, 9.17) is 4.74 Å². The van der Waals surface area contributed by atoms with Gasteiger partial charge in [0.15, 0.2) is 0 Å². The van der Waals surface area contributed by atoms with E-state index >= 15 is 0 Å². The Kier molecular flexibility index (Phi) is 6.58. The molecule has 0 saturated carbocycles. The maximum atomic E-state index is 5.37. The topological polar surface area (TPSA) is 24.5 Å². The van der Waals surface area contributed by atoms with E-state index < -0.39 is 0 Å². The average molecular weight is 250 g/mol. The molecule has 0 radical (unpaired) electrons. The molecular formula is C15H26N2O. The van der Waals surface area contributed by atoms with Crippen LogP contribution < -0.4 is 15.0 Å². The molecule has 1 saturated heterocycles. The minimum Gasteiger partial charge on any atom is -0.496 e. The summed E-state index contributed by atoms with van der Waals surface area (Å²) in [6.07, 6.45) is 1.20. The molecule has 3 heteroatoms. The van der Waals surface area contributed by atoms with E-state index in [1.54, 1.807) is 7.11 Å². The van der Waals surface area contributed by atoms with Gasteiger partial charge >= 0.3 is 0 Å². The number of aryl methyl sites for hydroxylation is 1. The van der Waals surface area contributed by atoms with E-state index in [0.29, 0.717) is 0 Å². The zero-order chi connectivity index (χ0) is 13.4. The van der Waals surface area contributed by atoms with Gasteiger partial charge in [-0.25, -0.2) is 0 Å². The van der Waals surface area contributed by atoms with E-state index in [2.05, 4.69) is 35.3 Å². The van der Waals surface area contributed by atoms with Gasteiger partial charge in [0.05, 0.1) is 7.11 Å². The molecule has 2 rings (SSSR count). The van der Waals surface area contributed by atoms with Gasteiger partial charge in [-0.2, -0.15) is 0 Å². The Labute approximate surface area is 111 Å². The number of nitrogens with one attached hydrogen (secondary N) is 1.